The van der Waals surface area contributed by atoms with Crippen LogP contribution >= 0.6 is 0 Å². The van der Waals surface area contributed by atoms with Crippen molar-refractivity contribution in [3.8, 4) is 0 Å². The molecular formula is C15H19N3O. The molecule has 1 aliphatic heterocycles. The minimum Gasteiger partial charge on any atom is -0.380 e. The molecule has 2 aromatic rings. The largest absolute Gasteiger partial charge is 0.380 e. The lowest BCUT2D eigenvalue weighted by Crippen LogP contribution is -2.63. The minimum atomic E-state index is 0.198. The molecule has 0 spiro atoms. The number of aromatic nitrogens is 2. The summed E-state index contributed by atoms with van der Waals surface area (Å²) in [5, 5.41) is 12.1. The molecular weight excluding hydrogens is 238 g/mol. The lowest BCUT2D eigenvalue weighted by Gasteiger charge is -2.55. The maximum absolute atomic E-state index is 5.85. The van der Waals surface area contributed by atoms with E-state index in [0.717, 1.165) is 23.2 Å². The van der Waals surface area contributed by atoms with E-state index in [-0.39, 0.29) is 5.41 Å². The molecule has 2 fully saturated rings. The number of aromatic amines is 1. The smallest absolute Gasteiger partial charge is 0.0881 e. The molecule has 1 saturated carbocycles. The minimum absolute atomic E-state index is 0.198. The van der Waals surface area contributed by atoms with Crippen LogP contribution in [0, 0.1) is 11.3 Å². The number of fused-ring (bicyclic) bond motifs is 2. The molecule has 4 heteroatoms. The van der Waals surface area contributed by atoms with Crippen LogP contribution in [0.4, 0.5) is 5.69 Å². The molecule has 1 aromatic heterocycles. The number of ether oxygens (including phenoxy) is 1. The van der Waals surface area contributed by atoms with Gasteiger partial charge in [0.1, 0.15) is 0 Å². The Morgan fingerprint density at radius 3 is 3.21 bits per heavy atom. The molecule has 4 rings (SSSR count). The standard InChI is InChI=1S/C15H19N3O/c1-15(2)13(10-6-7-19-14(10)15)17-11-5-3-4-9-8-16-18-12(9)11/h3-5,8,10,13-14,17H,6-7H2,1-2H3,(H,16,18). The third-order valence-corrected chi connectivity index (χ3v) is 4.89. The number of para-hydroxylation sites is 1. The summed E-state index contributed by atoms with van der Waals surface area (Å²) in [5.74, 6) is 0.646. The van der Waals surface area contributed by atoms with Crippen LogP contribution in [0.2, 0.25) is 0 Å². The number of hydrogen-bond acceptors (Lipinski definition) is 3. The fraction of sp³-hybridized carbons (Fsp3) is 0.533. The highest BCUT2D eigenvalue weighted by molar-refractivity contribution is 5.90. The first-order valence-electron chi connectivity index (χ1n) is 6.98. The quantitative estimate of drug-likeness (QED) is 0.869. The Balaban J connectivity index is 1.66. The van der Waals surface area contributed by atoms with Crippen LogP contribution < -0.4 is 5.32 Å². The molecule has 1 saturated heterocycles. The van der Waals surface area contributed by atoms with Crippen LogP contribution in [0.1, 0.15) is 20.3 Å². The Labute approximate surface area is 112 Å². The molecule has 2 aliphatic rings. The summed E-state index contributed by atoms with van der Waals surface area (Å²) in [7, 11) is 0. The summed E-state index contributed by atoms with van der Waals surface area (Å²) in [6, 6.07) is 6.76. The molecule has 2 heterocycles. The van der Waals surface area contributed by atoms with Gasteiger partial charge in [-0.1, -0.05) is 26.0 Å². The van der Waals surface area contributed by atoms with Crippen molar-refractivity contribution in [2.24, 2.45) is 11.3 Å². The first-order chi connectivity index (χ1) is 9.18. The zero-order valence-electron chi connectivity index (χ0n) is 11.3. The molecule has 2 N–H and O–H groups in total. The van der Waals surface area contributed by atoms with Crippen LogP contribution in [0.3, 0.4) is 0 Å². The normalized spacial score (nSPS) is 32.0. The number of nitrogens with zero attached hydrogens (tertiary/aromatic N) is 1. The number of hydrogen-bond donors (Lipinski definition) is 2. The van der Waals surface area contributed by atoms with E-state index in [1.54, 1.807) is 0 Å². The monoisotopic (exact) mass is 257 g/mol. The van der Waals surface area contributed by atoms with Gasteiger partial charge in [0, 0.05) is 29.4 Å². The topological polar surface area (TPSA) is 49.9 Å². The number of rotatable bonds is 2. The molecule has 19 heavy (non-hydrogen) atoms. The fourth-order valence-corrected chi connectivity index (χ4v) is 3.87. The molecule has 100 valence electrons. The summed E-state index contributed by atoms with van der Waals surface area (Å²) in [5.41, 5.74) is 2.45. The van der Waals surface area contributed by atoms with Crippen LogP contribution in [0.5, 0.6) is 0 Å². The highest BCUT2D eigenvalue weighted by Crippen LogP contribution is 2.53. The van der Waals surface area contributed by atoms with Crippen LogP contribution in [0.15, 0.2) is 24.4 Å². The van der Waals surface area contributed by atoms with Crippen molar-refractivity contribution in [3.05, 3.63) is 24.4 Å². The lowest BCUT2D eigenvalue weighted by atomic mass is 9.57. The van der Waals surface area contributed by atoms with Gasteiger partial charge in [-0.05, 0) is 12.5 Å². The summed E-state index contributed by atoms with van der Waals surface area (Å²) in [4.78, 5) is 0. The van der Waals surface area contributed by atoms with Gasteiger partial charge >= 0.3 is 0 Å². The van der Waals surface area contributed by atoms with Crippen molar-refractivity contribution in [2.75, 3.05) is 11.9 Å². The van der Waals surface area contributed by atoms with Crippen molar-refractivity contribution >= 4 is 16.6 Å². The number of H-pyrrole nitrogens is 1. The summed E-state index contributed by atoms with van der Waals surface area (Å²) in [6.45, 7) is 5.50. The molecule has 1 aliphatic carbocycles. The zero-order chi connectivity index (χ0) is 13.0. The lowest BCUT2D eigenvalue weighted by molar-refractivity contribution is -0.0922. The summed E-state index contributed by atoms with van der Waals surface area (Å²) < 4.78 is 5.85. The van der Waals surface area contributed by atoms with Gasteiger partial charge in [0.05, 0.1) is 23.5 Å². The number of nitrogens with one attached hydrogen (secondary N) is 2. The average Bonchev–Trinajstić information content (AvgIpc) is 3.03. The predicted octanol–water partition coefficient (Wildman–Crippen LogP) is 2.79. The Bertz CT molecular complexity index is 619. The molecule has 1 aromatic carbocycles. The number of benzene rings is 1. The van der Waals surface area contributed by atoms with E-state index >= 15 is 0 Å². The van der Waals surface area contributed by atoms with Crippen molar-refractivity contribution < 1.29 is 4.74 Å². The molecule has 0 bridgehead atoms. The Morgan fingerprint density at radius 1 is 1.42 bits per heavy atom. The SMILES string of the molecule is CC1(C)C(Nc2cccc3cn[nH]c23)C2CCOC21. The summed E-state index contributed by atoms with van der Waals surface area (Å²) in [6.07, 6.45) is 3.46. The molecule has 0 radical (unpaired) electrons. The highest BCUT2D eigenvalue weighted by Gasteiger charge is 2.59. The van der Waals surface area contributed by atoms with Crippen molar-refractivity contribution in [3.63, 3.8) is 0 Å². The number of anilines is 1. The van der Waals surface area contributed by atoms with E-state index in [9.17, 15) is 0 Å². The van der Waals surface area contributed by atoms with Crippen LogP contribution in [0.25, 0.3) is 10.9 Å². The van der Waals surface area contributed by atoms with Gasteiger partial charge in [0.2, 0.25) is 0 Å². The van der Waals surface area contributed by atoms with E-state index in [0.29, 0.717) is 18.1 Å². The van der Waals surface area contributed by atoms with Crippen LogP contribution in [-0.4, -0.2) is 29.0 Å². The Morgan fingerprint density at radius 2 is 2.32 bits per heavy atom. The Hall–Kier alpha value is -1.55. The molecule has 0 amide bonds. The third kappa shape index (κ3) is 1.46. The van der Waals surface area contributed by atoms with E-state index in [1.165, 1.54) is 6.42 Å². The fourth-order valence-electron chi connectivity index (χ4n) is 3.87. The van der Waals surface area contributed by atoms with E-state index in [4.69, 9.17) is 4.74 Å². The van der Waals surface area contributed by atoms with Gasteiger partial charge in [-0.3, -0.25) is 5.10 Å². The maximum Gasteiger partial charge on any atom is 0.0881 e. The van der Waals surface area contributed by atoms with E-state index in [1.807, 2.05) is 6.20 Å². The van der Waals surface area contributed by atoms with Gasteiger partial charge < -0.3 is 10.1 Å². The average molecular weight is 257 g/mol. The molecule has 4 nitrogen and oxygen atoms in total. The van der Waals surface area contributed by atoms with Crippen molar-refractivity contribution in [1.82, 2.24) is 10.2 Å². The van der Waals surface area contributed by atoms with Gasteiger partial charge in [-0.15, -0.1) is 0 Å². The van der Waals surface area contributed by atoms with Gasteiger partial charge in [-0.25, -0.2) is 0 Å². The second kappa shape index (κ2) is 3.73. The van der Waals surface area contributed by atoms with Crippen molar-refractivity contribution in [1.29, 1.82) is 0 Å². The third-order valence-electron chi connectivity index (χ3n) is 4.89. The maximum atomic E-state index is 5.85. The predicted molar refractivity (Wildman–Crippen MR) is 75.1 cm³/mol. The van der Waals surface area contributed by atoms with Crippen LogP contribution in [-0.2, 0) is 4.74 Å². The first-order valence-corrected chi connectivity index (χ1v) is 6.98. The van der Waals surface area contributed by atoms with Gasteiger partial charge in [0.15, 0.2) is 0 Å². The zero-order valence-corrected chi connectivity index (χ0v) is 11.3. The molecule has 3 atom stereocenters. The Kier molecular flexibility index (Phi) is 2.22. The second-order valence-electron chi connectivity index (χ2n) is 6.33. The second-order valence-corrected chi connectivity index (χ2v) is 6.33. The first kappa shape index (κ1) is 11.3. The van der Waals surface area contributed by atoms with E-state index in [2.05, 4.69) is 47.6 Å². The van der Waals surface area contributed by atoms with Gasteiger partial charge in [-0.2, -0.15) is 5.10 Å². The molecule has 3 unspecified atom stereocenters. The summed E-state index contributed by atoms with van der Waals surface area (Å²) >= 11 is 0. The van der Waals surface area contributed by atoms with Crippen molar-refractivity contribution in [2.45, 2.75) is 32.4 Å². The highest BCUT2D eigenvalue weighted by atomic mass is 16.5. The van der Waals surface area contributed by atoms with E-state index < -0.39 is 0 Å². The van der Waals surface area contributed by atoms with Gasteiger partial charge in [0.25, 0.3) is 0 Å².